The van der Waals surface area contributed by atoms with Gasteiger partial charge in [0.15, 0.2) is 0 Å². The minimum Gasteiger partial charge on any atom is -0.497 e. The molecule has 0 saturated carbocycles. The fraction of sp³-hybridized carbons (Fsp3) is 0.538. The van der Waals surface area contributed by atoms with Gasteiger partial charge in [-0.05, 0) is 36.5 Å². The average molecular weight is 222 g/mol. The molecule has 1 unspecified atom stereocenters. The van der Waals surface area contributed by atoms with Gasteiger partial charge in [0.1, 0.15) is 5.75 Å². The van der Waals surface area contributed by atoms with Crippen LogP contribution in [0.5, 0.6) is 5.75 Å². The molecule has 0 bridgehead atoms. The van der Waals surface area contributed by atoms with E-state index in [1.807, 2.05) is 12.1 Å². The fourth-order valence-corrected chi connectivity index (χ4v) is 1.83. The fourth-order valence-electron chi connectivity index (χ4n) is 1.83. The predicted molar refractivity (Wildman–Crippen MR) is 67.3 cm³/mol. The third-order valence-corrected chi connectivity index (χ3v) is 2.63. The maximum absolute atomic E-state index is 5.55. The number of methoxy groups -OCH3 is 1. The summed E-state index contributed by atoms with van der Waals surface area (Å²) in [5.74, 6) is 7.10. The Kier molecular flexibility index (Phi) is 5.29. The van der Waals surface area contributed by atoms with E-state index >= 15 is 0 Å². The molecule has 0 aliphatic heterocycles. The molecule has 0 fully saturated rings. The number of hydrogen-bond acceptors (Lipinski definition) is 3. The van der Waals surface area contributed by atoms with Crippen LogP contribution in [-0.4, -0.2) is 13.2 Å². The highest BCUT2D eigenvalue weighted by atomic mass is 16.5. The third-order valence-electron chi connectivity index (χ3n) is 2.63. The van der Waals surface area contributed by atoms with E-state index in [9.17, 15) is 0 Å². The lowest BCUT2D eigenvalue weighted by Crippen LogP contribution is -2.37. The van der Waals surface area contributed by atoms with Crippen molar-refractivity contribution in [2.75, 3.05) is 7.11 Å². The van der Waals surface area contributed by atoms with Gasteiger partial charge in [0.25, 0.3) is 0 Å². The van der Waals surface area contributed by atoms with E-state index in [-0.39, 0.29) is 0 Å². The van der Waals surface area contributed by atoms with Crippen molar-refractivity contribution in [2.45, 2.75) is 32.7 Å². The Balaban J connectivity index is 2.56. The summed E-state index contributed by atoms with van der Waals surface area (Å²) in [6.45, 7) is 4.41. The van der Waals surface area contributed by atoms with E-state index in [1.54, 1.807) is 7.11 Å². The quantitative estimate of drug-likeness (QED) is 0.572. The van der Waals surface area contributed by atoms with Crippen molar-refractivity contribution in [3.63, 3.8) is 0 Å². The summed E-state index contributed by atoms with van der Waals surface area (Å²) >= 11 is 0. The number of ether oxygens (including phenoxy) is 1. The molecule has 0 amide bonds. The van der Waals surface area contributed by atoms with Gasteiger partial charge >= 0.3 is 0 Å². The van der Waals surface area contributed by atoms with Gasteiger partial charge in [-0.2, -0.15) is 0 Å². The van der Waals surface area contributed by atoms with Crippen LogP contribution in [0.1, 0.15) is 25.8 Å². The van der Waals surface area contributed by atoms with E-state index in [0.717, 1.165) is 18.6 Å². The largest absolute Gasteiger partial charge is 0.497 e. The Morgan fingerprint density at radius 3 is 2.31 bits per heavy atom. The van der Waals surface area contributed by atoms with Gasteiger partial charge in [-0.3, -0.25) is 11.3 Å². The lowest BCUT2D eigenvalue weighted by atomic mass is 9.98. The molecule has 16 heavy (non-hydrogen) atoms. The summed E-state index contributed by atoms with van der Waals surface area (Å²) in [6.07, 6.45) is 2.04. The van der Waals surface area contributed by atoms with Crippen LogP contribution in [0, 0.1) is 5.92 Å². The maximum Gasteiger partial charge on any atom is 0.118 e. The van der Waals surface area contributed by atoms with Crippen LogP contribution in [0.4, 0.5) is 0 Å². The van der Waals surface area contributed by atoms with Gasteiger partial charge in [0.2, 0.25) is 0 Å². The number of benzene rings is 1. The van der Waals surface area contributed by atoms with E-state index in [4.69, 9.17) is 10.6 Å². The smallest absolute Gasteiger partial charge is 0.118 e. The summed E-state index contributed by atoms with van der Waals surface area (Å²) in [7, 11) is 1.68. The molecule has 1 aromatic carbocycles. The van der Waals surface area contributed by atoms with Crippen molar-refractivity contribution in [3.8, 4) is 5.75 Å². The highest BCUT2D eigenvalue weighted by molar-refractivity contribution is 5.27. The van der Waals surface area contributed by atoms with Crippen molar-refractivity contribution >= 4 is 0 Å². The highest BCUT2D eigenvalue weighted by Gasteiger charge is 2.09. The molecule has 0 aliphatic carbocycles. The summed E-state index contributed by atoms with van der Waals surface area (Å²) in [5.41, 5.74) is 4.16. The van der Waals surface area contributed by atoms with Gasteiger partial charge in [0, 0.05) is 6.04 Å². The Labute approximate surface area is 98.0 Å². The van der Waals surface area contributed by atoms with Crippen molar-refractivity contribution in [1.82, 2.24) is 5.43 Å². The second-order valence-electron chi connectivity index (χ2n) is 4.55. The van der Waals surface area contributed by atoms with Crippen LogP contribution in [-0.2, 0) is 6.42 Å². The molecule has 1 rings (SSSR count). The molecule has 0 radical (unpaired) electrons. The van der Waals surface area contributed by atoms with Crippen molar-refractivity contribution in [2.24, 2.45) is 11.8 Å². The van der Waals surface area contributed by atoms with E-state index in [2.05, 4.69) is 31.4 Å². The zero-order valence-electron chi connectivity index (χ0n) is 10.4. The first-order valence-electron chi connectivity index (χ1n) is 5.74. The van der Waals surface area contributed by atoms with Crippen LogP contribution < -0.4 is 16.0 Å². The first-order chi connectivity index (χ1) is 7.65. The minimum absolute atomic E-state index is 0.341. The molecule has 0 aliphatic rings. The van der Waals surface area contributed by atoms with Gasteiger partial charge in [-0.1, -0.05) is 26.0 Å². The summed E-state index contributed by atoms with van der Waals surface area (Å²) in [5, 5.41) is 0. The molecule has 3 N–H and O–H groups in total. The Bertz CT molecular complexity index is 295. The molecule has 0 spiro atoms. The molecule has 90 valence electrons. The molecule has 0 saturated heterocycles. The Morgan fingerprint density at radius 2 is 1.88 bits per heavy atom. The van der Waals surface area contributed by atoms with E-state index in [1.165, 1.54) is 5.56 Å². The zero-order valence-corrected chi connectivity index (χ0v) is 10.4. The first kappa shape index (κ1) is 13.0. The van der Waals surface area contributed by atoms with Crippen LogP contribution in [0.2, 0.25) is 0 Å². The molecule has 1 aromatic rings. The minimum atomic E-state index is 0.341. The topological polar surface area (TPSA) is 47.3 Å². The number of nitrogens with one attached hydrogen (secondary N) is 1. The number of hydrogen-bond donors (Lipinski definition) is 2. The van der Waals surface area contributed by atoms with E-state index in [0.29, 0.717) is 12.0 Å². The lowest BCUT2D eigenvalue weighted by molar-refractivity contribution is 0.412. The van der Waals surface area contributed by atoms with Crippen molar-refractivity contribution < 1.29 is 4.74 Å². The first-order valence-corrected chi connectivity index (χ1v) is 5.74. The molecular formula is C13H22N2O. The summed E-state index contributed by atoms with van der Waals surface area (Å²) in [4.78, 5) is 0. The van der Waals surface area contributed by atoms with Crippen molar-refractivity contribution in [3.05, 3.63) is 29.8 Å². The second-order valence-corrected chi connectivity index (χ2v) is 4.55. The Hall–Kier alpha value is -1.06. The zero-order chi connectivity index (χ0) is 12.0. The standard InChI is InChI=1S/C13H22N2O/c1-10(2)8-12(15-14)9-11-4-6-13(16-3)7-5-11/h4-7,10,12,15H,8-9,14H2,1-3H3. The highest BCUT2D eigenvalue weighted by Crippen LogP contribution is 2.14. The van der Waals surface area contributed by atoms with Gasteiger partial charge in [0.05, 0.1) is 7.11 Å². The van der Waals surface area contributed by atoms with Gasteiger partial charge < -0.3 is 4.74 Å². The molecule has 3 nitrogen and oxygen atoms in total. The van der Waals surface area contributed by atoms with E-state index < -0.39 is 0 Å². The predicted octanol–water partition coefficient (Wildman–Crippen LogP) is 2.12. The normalized spacial score (nSPS) is 12.8. The molecule has 1 atom stereocenters. The van der Waals surface area contributed by atoms with Crippen molar-refractivity contribution in [1.29, 1.82) is 0 Å². The molecular weight excluding hydrogens is 200 g/mol. The Morgan fingerprint density at radius 1 is 1.25 bits per heavy atom. The number of hydrazine groups is 1. The summed E-state index contributed by atoms with van der Waals surface area (Å²) in [6, 6.07) is 8.48. The van der Waals surface area contributed by atoms with Crippen LogP contribution in [0.15, 0.2) is 24.3 Å². The van der Waals surface area contributed by atoms with Crippen LogP contribution in [0.3, 0.4) is 0 Å². The monoisotopic (exact) mass is 222 g/mol. The van der Waals surface area contributed by atoms with Gasteiger partial charge in [-0.25, -0.2) is 0 Å². The SMILES string of the molecule is COc1ccc(CC(CC(C)C)NN)cc1. The molecule has 0 heterocycles. The summed E-state index contributed by atoms with van der Waals surface area (Å²) < 4.78 is 5.12. The van der Waals surface area contributed by atoms with Crippen LogP contribution in [0.25, 0.3) is 0 Å². The third kappa shape index (κ3) is 4.21. The average Bonchev–Trinajstić information content (AvgIpc) is 2.28. The number of rotatable bonds is 6. The molecule has 3 heteroatoms. The number of nitrogens with two attached hydrogens (primary N) is 1. The second kappa shape index (κ2) is 6.51. The maximum atomic E-state index is 5.55. The lowest BCUT2D eigenvalue weighted by Gasteiger charge is -2.18. The molecule has 0 aromatic heterocycles. The van der Waals surface area contributed by atoms with Gasteiger partial charge in [-0.15, -0.1) is 0 Å². The van der Waals surface area contributed by atoms with Crippen LogP contribution >= 0.6 is 0 Å².